The van der Waals surface area contributed by atoms with Gasteiger partial charge >= 0.3 is 0 Å². The van der Waals surface area contributed by atoms with E-state index in [9.17, 15) is 14.4 Å². The Morgan fingerprint density at radius 2 is 1.51 bits per heavy atom. The molecule has 1 fully saturated rings. The molecule has 4 atom stereocenters. The van der Waals surface area contributed by atoms with Gasteiger partial charge < -0.3 is 19.7 Å². The average Bonchev–Trinajstić information content (AvgIpc) is 3.52. The lowest BCUT2D eigenvalue weighted by Gasteiger charge is -2.39. The lowest BCUT2D eigenvalue weighted by Crippen LogP contribution is -2.51. The molecule has 1 amide bonds. The maximum atomic E-state index is 14.9. The number of carbonyl (C=O) groups is 3. The van der Waals surface area contributed by atoms with Gasteiger partial charge in [-0.3, -0.25) is 14.4 Å². The molecule has 3 aliphatic heterocycles. The summed E-state index contributed by atoms with van der Waals surface area (Å²) in [5, 5.41) is 3.08. The molecule has 0 saturated carbocycles. The van der Waals surface area contributed by atoms with Gasteiger partial charge in [0.2, 0.25) is 5.91 Å². The zero-order chi connectivity index (χ0) is 29.9. The number of Topliss-reactive ketones (excluding diaryl/α,β-unsaturated/α-hetero) is 2. The summed E-state index contributed by atoms with van der Waals surface area (Å²) in [6.45, 7) is 2.01. The van der Waals surface area contributed by atoms with E-state index in [2.05, 4.69) is 11.4 Å². The number of carbonyl (C=O) groups excluding carboxylic acids is 3. The molecule has 0 unspecified atom stereocenters. The number of rotatable bonds is 6. The van der Waals surface area contributed by atoms with Crippen LogP contribution >= 0.6 is 0 Å². The maximum Gasteiger partial charge on any atom is 0.238 e. The Labute approximate surface area is 249 Å². The molecule has 0 aromatic heterocycles. The summed E-state index contributed by atoms with van der Waals surface area (Å²) in [6, 6.07) is 27.6. The van der Waals surface area contributed by atoms with Crippen molar-refractivity contribution in [3.63, 3.8) is 0 Å². The Hall–Kier alpha value is -5.17. The number of methoxy groups -OCH3 is 2. The van der Waals surface area contributed by atoms with E-state index in [0.717, 1.165) is 16.8 Å². The molecular weight excluding hydrogens is 540 g/mol. The standard InChI is InChI=1S/C36H30N2O5/c1-21-19-30-36(27-12-5-6-13-28(27)37-35(36)41)31(33(39)22-15-17-24(42-2)18-16-22)32(38(30)29-14-7-4-11-26(21)29)34(40)23-9-8-10-25(20-23)43-3/h4-20,30-32H,1-3H3,(H,37,41)/t30-,31-,32+,36-/m0/s1. The van der Waals surface area contributed by atoms with Crippen LogP contribution < -0.4 is 19.7 Å². The van der Waals surface area contributed by atoms with Gasteiger partial charge in [0.15, 0.2) is 11.6 Å². The zero-order valence-electron chi connectivity index (χ0n) is 24.0. The van der Waals surface area contributed by atoms with Crippen LogP contribution in [0.5, 0.6) is 11.5 Å². The largest absolute Gasteiger partial charge is 0.497 e. The van der Waals surface area contributed by atoms with Crippen molar-refractivity contribution in [1.82, 2.24) is 0 Å². The minimum absolute atomic E-state index is 0.257. The van der Waals surface area contributed by atoms with E-state index in [0.29, 0.717) is 33.9 Å². The van der Waals surface area contributed by atoms with Crippen molar-refractivity contribution in [1.29, 1.82) is 0 Å². The molecular formula is C36H30N2O5. The summed E-state index contributed by atoms with van der Waals surface area (Å²) in [5.41, 5.74) is 3.56. The second kappa shape index (κ2) is 9.98. The minimum Gasteiger partial charge on any atom is -0.497 e. The van der Waals surface area contributed by atoms with E-state index < -0.39 is 23.4 Å². The quantitative estimate of drug-likeness (QED) is 0.289. The highest BCUT2D eigenvalue weighted by Gasteiger charge is 2.70. The van der Waals surface area contributed by atoms with Gasteiger partial charge in [-0.2, -0.15) is 0 Å². The molecule has 0 radical (unpaired) electrons. The number of anilines is 2. The Bertz CT molecular complexity index is 1830. The predicted molar refractivity (Wildman–Crippen MR) is 165 cm³/mol. The molecule has 0 aliphatic carbocycles. The molecule has 1 saturated heterocycles. The number of fused-ring (bicyclic) bond motifs is 6. The number of ketones is 2. The third-order valence-electron chi connectivity index (χ3n) is 9.16. The lowest BCUT2D eigenvalue weighted by molar-refractivity contribution is -0.121. The molecule has 7 nitrogen and oxygen atoms in total. The topological polar surface area (TPSA) is 84.9 Å². The predicted octanol–water partition coefficient (Wildman–Crippen LogP) is 5.95. The van der Waals surface area contributed by atoms with Crippen molar-refractivity contribution in [3.8, 4) is 11.5 Å². The maximum absolute atomic E-state index is 14.9. The molecule has 7 rings (SSSR count). The number of hydrogen-bond acceptors (Lipinski definition) is 6. The number of benzene rings is 4. The Kier molecular flexibility index (Phi) is 6.20. The van der Waals surface area contributed by atoms with Crippen molar-refractivity contribution in [2.75, 3.05) is 24.4 Å². The number of amides is 1. The fourth-order valence-corrected chi connectivity index (χ4v) is 7.27. The molecule has 1 N–H and O–H groups in total. The van der Waals surface area contributed by atoms with Gasteiger partial charge in [0.05, 0.1) is 26.2 Å². The van der Waals surface area contributed by atoms with Crippen LogP contribution in [-0.2, 0) is 10.2 Å². The normalized spacial score (nSPS) is 23.1. The van der Waals surface area contributed by atoms with E-state index in [1.807, 2.05) is 60.4 Å². The highest BCUT2D eigenvalue weighted by molar-refractivity contribution is 6.18. The summed E-state index contributed by atoms with van der Waals surface area (Å²) in [5.74, 6) is -0.743. The fraction of sp³-hybridized carbons (Fsp3) is 0.194. The smallest absolute Gasteiger partial charge is 0.238 e. The Morgan fingerprint density at radius 3 is 2.28 bits per heavy atom. The highest BCUT2D eigenvalue weighted by atomic mass is 16.5. The average molecular weight is 571 g/mol. The molecule has 4 aromatic carbocycles. The first-order valence-corrected chi connectivity index (χ1v) is 14.2. The van der Waals surface area contributed by atoms with Gasteiger partial charge in [0.1, 0.15) is 23.0 Å². The number of ether oxygens (including phenoxy) is 2. The first-order valence-electron chi connectivity index (χ1n) is 14.2. The van der Waals surface area contributed by atoms with Crippen LogP contribution in [-0.4, -0.2) is 43.8 Å². The first kappa shape index (κ1) is 26.7. The molecule has 3 aliphatic rings. The van der Waals surface area contributed by atoms with Gasteiger partial charge in [0, 0.05) is 28.1 Å². The van der Waals surface area contributed by atoms with Crippen molar-refractivity contribution < 1.29 is 23.9 Å². The summed E-state index contributed by atoms with van der Waals surface area (Å²) >= 11 is 0. The van der Waals surface area contributed by atoms with Crippen molar-refractivity contribution in [2.45, 2.75) is 24.4 Å². The van der Waals surface area contributed by atoms with E-state index in [4.69, 9.17) is 9.47 Å². The molecule has 7 heteroatoms. The van der Waals surface area contributed by atoms with Crippen LogP contribution in [0.15, 0.2) is 103 Å². The number of nitrogens with one attached hydrogen (secondary N) is 1. The molecule has 0 bridgehead atoms. The Balaban J connectivity index is 1.53. The SMILES string of the molecule is COc1ccc(C(=O)[C@@H]2[C@H](C(=O)c3cccc(OC)c3)N3c4ccccc4C(C)=C[C@H]3[C@]23C(=O)Nc2ccccc23)cc1. The lowest BCUT2D eigenvalue weighted by atomic mass is 9.64. The van der Waals surface area contributed by atoms with Crippen LogP contribution in [0, 0.1) is 5.92 Å². The third kappa shape index (κ3) is 3.77. The fourth-order valence-electron chi connectivity index (χ4n) is 7.27. The second-order valence-corrected chi connectivity index (χ2v) is 11.2. The monoisotopic (exact) mass is 570 g/mol. The molecule has 214 valence electrons. The molecule has 43 heavy (non-hydrogen) atoms. The van der Waals surface area contributed by atoms with Crippen molar-refractivity contribution in [3.05, 3.63) is 125 Å². The zero-order valence-corrected chi connectivity index (χ0v) is 24.0. The second-order valence-electron chi connectivity index (χ2n) is 11.2. The molecule has 1 spiro atoms. The van der Waals surface area contributed by atoms with Gasteiger partial charge in [-0.15, -0.1) is 0 Å². The van der Waals surface area contributed by atoms with Gasteiger partial charge in [-0.05, 0) is 66.6 Å². The van der Waals surface area contributed by atoms with Crippen LogP contribution in [0.25, 0.3) is 5.57 Å². The Morgan fingerprint density at radius 1 is 0.791 bits per heavy atom. The van der Waals surface area contributed by atoms with E-state index in [1.165, 1.54) is 0 Å². The van der Waals surface area contributed by atoms with Crippen molar-refractivity contribution >= 4 is 34.4 Å². The van der Waals surface area contributed by atoms with Gasteiger partial charge in [-0.1, -0.05) is 54.6 Å². The van der Waals surface area contributed by atoms with E-state index in [-0.39, 0.29) is 17.5 Å². The molecule has 3 heterocycles. The number of nitrogens with zero attached hydrogens (tertiary/aromatic N) is 1. The van der Waals surface area contributed by atoms with Crippen LogP contribution in [0.3, 0.4) is 0 Å². The summed E-state index contributed by atoms with van der Waals surface area (Å²) in [7, 11) is 3.12. The third-order valence-corrected chi connectivity index (χ3v) is 9.16. The van der Waals surface area contributed by atoms with E-state index >= 15 is 0 Å². The van der Waals surface area contributed by atoms with Crippen LogP contribution in [0.4, 0.5) is 11.4 Å². The number of para-hydroxylation sites is 2. The van der Waals surface area contributed by atoms with Gasteiger partial charge in [0.25, 0.3) is 0 Å². The summed E-state index contributed by atoms with van der Waals surface area (Å²) < 4.78 is 10.8. The van der Waals surface area contributed by atoms with E-state index in [1.54, 1.807) is 62.8 Å². The number of allylic oxidation sites excluding steroid dienone is 1. The van der Waals surface area contributed by atoms with Gasteiger partial charge in [-0.25, -0.2) is 0 Å². The first-order chi connectivity index (χ1) is 20.9. The minimum atomic E-state index is -1.37. The van der Waals surface area contributed by atoms with Crippen LogP contribution in [0.2, 0.25) is 0 Å². The number of hydrogen-bond donors (Lipinski definition) is 1. The summed E-state index contributed by atoms with van der Waals surface area (Å²) in [4.78, 5) is 46.3. The highest BCUT2D eigenvalue weighted by Crippen LogP contribution is 2.58. The summed E-state index contributed by atoms with van der Waals surface area (Å²) in [6.07, 6.45) is 2.05. The van der Waals surface area contributed by atoms with Crippen molar-refractivity contribution in [2.24, 2.45) is 5.92 Å². The van der Waals surface area contributed by atoms with Crippen LogP contribution in [0.1, 0.15) is 38.8 Å². The molecule has 4 aromatic rings.